The van der Waals surface area contributed by atoms with Gasteiger partial charge < -0.3 is 29.9 Å². The molecule has 4 aliphatic rings. The fourth-order valence-corrected chi connectivity index (χ4v) is 9.09. The van der Waals surface area contributed by atoms with Gasteiger partial charge in [-0.25, -0.2) is 8.78 Å². The number of alkyl halides is 3. The Hall–Kier alpha value is -6.61. The summed E-state index contributed by atoms with van der Waals surface area (Å²) < 4.78 is 86.4. The van der Waals surface area contributed by atoms with Gasteiger partial charge in [0.25, 0.3) is 0 Å². The number of rotatable bonds is 8. The van der Waals surface area contributed by atoms with E-state index >= 15 is 8.78 Å². The first kappa shape index (κ1) is 44.6. The van der Waals surface area contributed by atoms with E-state index in [-0.39, 0.29) is 46.5 Å². The first-order valence-electron chi connectivity index (χ1n) is 21.7. The molecule has 6 aromatic rings. The summed E-state index contributed by atoms with van der Waals surface area (Å²) in [7, 11) is 1.85. The van der Waals surface area contributed by atoms with E-state index in [0.717, 1.165) is 70.9 Å². The molecule has 10 rings (SSSR count). The van der Waals surface area contributed by atoms with Crippen LogP contribution in [0.2, 0.25) is 0 Å². The monoisotopic (exact) mass is 916 g/mol. The second-order valence-corrected chi connectivity index (χ2v) is 17.0. The zero-order chi connectivity index (χ0) is 46.4. The predicted molar refractivity (Wildman–Crippen MR) is 232 cm³/mol. The maximum atomic E-state index is 15.1. The van der Waals surface area contributed by atoms with Gasteiger partial charge in [0.05, 0.1) is 61.7 Å². The normalized spacial score (nSPS) is 18.2. The van der Waals surface area contributed by atoms with Crippen LogP contribution in [0, 0.1) is 18.6 Å². The summed E-state index contributed by atoms with van der Waals surface area (Å²) in [6.45, 7) is 9.51. The number of H-pyrrole nitrogens is 1. The number of nitrogens with one attached hydrogen (secondary N) is 3. The zero-order valence-corrected chi connectivity index (χ0v) is 36.8. The van der Waals surface area contributed by atoms with Crippen molar-refractivity contribution in [1.29, 1.82) is 0 Å². The van der Waals surface area contributed by atoms with Crippen LogP contribution in [0.3, 0.4) is 0 Å². The molecule has 2 unspecified atom stereocenters. The first-order valence-corrected chi connectivity index (χ1v) is 21.7. The lowest BCUT2D eigenvalue weighted by Crippen LogP contribution is -2.35. The molecule has 2 aromatic carbocycles. The van der Waals surface area contributed by atoms with Crippen molar-refractivity contribution in [2.75, 3.05) is 50.2 Å². The molecule has 2 saturated heterocycles. The van der Waals surface area contributed by atoms with Crippen molar-refractivity contribution < 1.29 is 41.0 Å². The van der Waals surface area contributed by atoms with E-state index in [2.05, 4.69) is 25.9 Å². The standard InChI is InChI=1S/C23H27FN6O2.C22H22F4N6O2/c1-14-18(11-28(3)26-14)16-4-5-21(20(24)10-16)25-23-19-12-29(15(2)31)8-6-22(19)30(27-23)17-7-9-32-13-17;1-12(33)31-6-4-19-16(10-31)21(30-32(19)14-5-7-34-11-14)28-18-3-2-13(8-17(18)23)15-9-27-29-20(15)22(24,25)26/h4-5,10-11,17H,6-9,12-13H2,1-3H3,(H,25,27);2-3,8-9,14H,4-7,10-11H2,1H3,(H,27,29)(H,28,30). The average Bonchev–Trinajstić information content (AvgIpc) is 4.15. The van der Waals surface area contributed by atoms with Crippen LogP contribution in [-0.4, -0.2) is 101 Å². The highest BCUT2D eigenvalue weighted by atomic mass is 19.4. The quantitative estimate of drug-likeness (QED) is 0.131. The minimum Gasteiger partial charge on any atom is -0.379 e. The Labute approximate surface area is 376 Å². The summed E-state index contributed by atoms with van der Waals surface area (Å²) >= 11 is 0. The van der Waals surface area contributed by atoms with Crippen LogP contribution in [0.15, 0.2) is 48.8 Å². The Kier molecular flexibility index (Phi) is 12.2. The average molecular weight is 917 g/mol. The molecular formula is C45H49F5N12O4. The summed E-state index contributed by atoms with van der Waals surface area (Å²) in [4.78, 5) is 27.4. The minimum atomic E-state index is -4.64. The van der Waals surface area contributed by atoms with Gasteiger partial charge in [0.15, 0.2) is 11.6 Å². The summed E-state index contributed by atoms with van der Waals surface area (Å²) in [5.74, 6) is -0.123. The molecule has 4 aliphatic heterocycles. The number of carbonyl (C=O) groups is 2. The highest BCUT2D eigenvalue weighted by Gasteiger charge is 2.37. The molecule has 0 radical (unpaired) electrons. The van der Waals surface area contributed by atoms with Crippen molar-refractivity contribution in [2.45, 2.75) is 77.8 Å². The fraction of sp³-hybridized carbons (Fsp3) is 0.422. The molecule has 0 bridgehead atoms. The fourth-order valence-electron chi connectivity index (χ4n) is 9.09. The summed E-state index contributed by atoms with van der Waals surface area (Å²) in [6, 6.07) is 9.14. The number of carbonyl (C=O) groups excluding carboxylic acids is 2. The second-order valence-electron chi connectivity index (χ2n) is 17.0. The third kappa shape index (κ3) is 8.88. The van der Waals surface area contributed by atoms with Crippen molar-refractivity contribution >= 4 is 34.8 Å². The number of ether oxygens (including phenoxy) is 2. The molecule has 21 heteroatoms. The lowest BCUT2D eigenvalue weighted by Gasteiger charge is -2.27. The maximum Gasteiger partial charge on any atom is 0.433 e. The highest BCUT2D eigenvalue weighted by molar-refractivity contribution is 5.76. The SMILES string of the molecule is CC(=O)N1CCc2c(c(Nc3ccc(-c4cn(C)nc4C)cc3F)nn2C2CCOC2)C1.CC(=O)N1CCc2c(c(Nc3ccc(-c4cn[nH]c4C(F)(F)F)cc3F)nn2C2CCOC2)C1. The van der Waals surface area contributed by atoms with Crippen molar-refractivity contribution in [3.05, 3.63) is 94.3 Å². The number of benzene rings is 2. The van der Waals surface area contributed by atoms with E-state index in [1.54, 1.807) is 27.5 Å². The van der Waals surface area contributed by atoms with Crippen LogP contribution < -0.4 is 10.6 Å². The van der Waals surface area contributed by atoms with E-state index < -0.39 is 17.7 Å². The lowest BCUT2D eigenvalue weighted by molar-refractivity contribution is -0.140. The molecule has 2 atom stereocenters. The van der Waals surface area contributed by atoms with Gasteiger partial charge in [-0.2, -0.15) is 33.6 Å². The van der Waals surface area contributed by atoms with E-state index in [9.17, 15) is 22.8 Å². The van der Waals surface area contributed by atoms with Gasteiger partial charge in [-0.1, -0.05) is 12.1 Å². The van der Waals surface area contributed by atoms with Gasteiger partial charge in [-0.05, 0) is 55.2 Å². The Balaban J connectivity index is 0.000000166. The number of aryl methyl sites for hydroxylation is 2. The number of aromatic nitrogens is 8. The Morgan fingerprint density at radius 2 is 1.26 bits per heavy atom. The number of nitrogens with zero attached hydrogens (tertiary/aromatic N) is 9. The van der Waals surface area contributed by atoms with Crippen molar-refractivity contribution in [2.24, 2.45) is 7.05 Å². The third-order valence-corrected chi connectivity index (χ3v) is 12.6. The number of fused-ring (bicyclic) bond motifs is 2. The Morgan fingerprint density at radius 1 is 0.758 bits per heavy atom. The van der Waals surface area contributed by atoms with E-state index in [1.807, 2.05) is 40.7 Å². The van der Waals surface area contributed by atoms with Crippen LogP contribution in [0.25, 0.3) is 22.3 Å². The Bertz CT molecular complexity index is 2780. The van der Waals surface area contributed by atoms with Gasteiger partial charge in [-0.3, -0.25) is 28.7 Å². The summed E-state index contributed by atoms with van der Waals surface area (Å²) in [5.41, 5.74) is 5.53. The molecule has 0 spiro atoms. The number of amides is 2. The number of hydrogen-bond acceptors (Lipinski definition) is 10. The molecule has 0 saturated carbocycles. The maximum absolute atomic E-state index is 15.1. The molecule has 3 N–H and O–H groups in total. The van der Waals surface area contributed by atoms with Gasteiger partial charge >= 0.3 is 6.18 Å². The van der Waals surface area contributed by atoms with E-state index in [0.29, 0.717) is 76.4 Å². The van der Waals surface area contributed by atoms with Crippen molar-refractivity contribution in [1.82, 2.24) is 49.3 Å². The summed E-state index contributed by atoms with van der Waals surface area (Å²) in [6.07, 6.45) is 1.30. The molecule has 2 amide bonds. The molecule has 2 fully saturated rings. The van der Waals surface area contributed by atoms with E-state index in [1.165, 1.54) is 25.1 Å². The van der Waals surface area contributed by atoms with Gasteiger partial charge in [0.2, 0.25) is 11.8 Å². The molecule has 4 aromatic heterocycles. The van der Waals surface area contributed by atoms with Crippen molar-refractivity contribution in [3.8, 4) is 22.3 Å². The molecular weight excluding hydrogens is 868 g/mol. The molecule has 8 heterocycles. The van der Waals surface area contributed by atoms with E-state index in [4.69, 9.17) is 14.6 Å². The zero-order valence-electron chi connectivity index (χ0n) is 36.8. The smallest absolute Gasteiger partial charge is 0.379 e. The largest absolute Gasteiger partial charge is 0.433 e. The number of anilines is 4. The van der Waals surface area contributed by atoms with Crippen LogP contribution >= 0.6 is 0 Å². The summed E-state index contributed by atoms with van der Waals surface area (Å²) in [5, 5.41) is 25.4. The predicted octanol–water partition coefficient (Wildman–Crippen LogP) is 7.38. The molecule has 66 heavy (non-hydrogen) atoms. The highest BCUT2D eigenvalue weighted by Crippen LogP contribution is 2.39. The Morgan fingerprint density at radius 3 is 1.67 bits per heavy atom. The van der Waals surface area contributed by atoms with Crippen LogP contribution in [0.4, 0.5) is 45.0 Å². The number of hydrogen-bond donors (Lipinski definition) is 3. The number of halogens is 5. The second kappa shape index (κ2) is 18.0. The van der Waals surface area contributed by atoms with Gasteiger partial charge in [0, 0.05) is 99.9 Å². The molecule has 0 aliphatic carbocycles. The van der Waals surface area contributed by atoms with Crippen LogP contribution in [0.1, 0.15) is 72.7 Å². The third-order valence-electron chi connectivity index (χ3n) is 12.6. The lowest BCUT2D eigenvalue weighted by atomic mass is 10.0. The topological polar surface area (TPSA) is 165 Å². The van der Waals surface area contributed by atoms with Crippen LogP contribution in [0.5, 0.6) is 0 Å². The molecule has 348 valence electrons. The number of aromatic amines is 1. The van der Waals surface area contributed by atoms with Crippen molar-refractivity contribution in [3.63, 3.8) is 0 Å². The first-order chi connectivity index (χ1) is 31.6. The van der Waals surface area contributed by atoms with Gasteiger partial charge in [0.1, 0.15) is 17.3 Å². The minimum absolute atomic E-state index is 0.0286. The van der Waals surface area contributed by atoms with Crippen LogP contribution in [-0.2, 0) is 58.2 Å². The van der Waals surface area contributed by atoms with Gasteiger partial charge in [-0.15, -0.1) is 0 Å². The molecule has 16 nitrogen and oxygen atoms in total.